The lowest BCUT2D eigenvalue weighted by Gasteiger charge is -2.09. The lowest BCUT2D eigenvalue weighted by atomic mass is 10.1. The topological polar surface area (TPSA) is 76.0 Å². The van der Waals surface area contributed by atoms with Crippen molar-refractivity contribution in [1.82, 2.24) is 15.1 Å². The summed E-state index contributed by atoms with van der Waals surface area (Å²) in [5.41, 5.74) is 2.32. The molecule has 0 saturated heterocycles. The highest BCUT2D eigenvalue weighted by Crippen LogP contribution is 2.22. The van der Waals surface area contributed by atoms with Gasteiger partial charge in [0.1, 0.15) is 6.54 Å². The van der Waals surface area contributed by atoms with Crippen molar-refractivity contribution in [1.29, 1.82) is 0 Å². The van der Waals surface area contributed by atoms with E-state index in [0.717, 1.165) is 11.1 Å². The largest absolute Gasteiger partial charge is 0.352 e. The summed E-state index contributed by atoms with van der Waals surface area (Å²) in [5, 5.41) is 10.6. The van der Waals surface area contributed by atoms with E-state index in [1.54, 1.807) is 47.4 Å². The number of amides is 2. The van der Waals surface area contributed by atoms with E-state index in [2.05, 4.69) is 15.7 Å². The van der Waals surface area contributed by atoms with E-state index in [1.165, 1.54) is 0 Å². The molecule has 0 aliphatic rings. The average Bonchev–Trinajstić information content (AvgIpc) is 3.16. The molecule has 0 bridgehead atoms. The summed E-state index contributed by atoms with van der Waals surface area (Å²) in [6.07, 6.45) is 3.55. The monoisotopic (exact) mass is 416 g/mol. The van der Waals surface area contributed by atoms with Gasteiger partial charge in [0.25, 0.3) is 0 Å². The second kappa shape index (κ2) is 9.39. The van der Waals surface area contributed by atoms with Crippen molar-refractivity contribution < 1.29 is 9.59 Å². The summed E-state index contributed by atoms with van der Waals surface area (Å²) in [6, 6.07) is 14.2. The third-order valence-electron chi connectivity index (χ3n) is 3.91. The molecule has 8 heteroatoms. The van der Waals surface area contributed by atoms with Crippen molar-refractivity contribution in [3.63, 3.8) is 0 Å². The van der Waals surface area contributed by atoms with Gasteiger partial charge >= 0.3 is 0 Å². The number of carbonyl (C=O) groups is 2. The smallest absolute Gasteiger partial charge is 0.246 e. The van der Waals surface area contributed by atoms with Crippen LogP contribution in [0.1, 0.15) is 11.1 Å². The lowest BCUT2D eigenvalue weighted by molar-refractivity contribution is -0.120. The number of anilines is 1. The van der Waals surface area contributed by atoms with Gasteiger partial charge in [0, 0.05) is 24.6 Å². The Balaban J connectivity index is 1.51. The second-order valence-corrected chi connectivity index (χ2v) is 6.97. The van der Waals surface area contributed by atoms with Crippen LogP contribution in [0.15, 0.2) is 60.9 Å². The number of aromatic nitrogens is 2. The molecule has 0 spiro atoms. The Hall–Kier alpha value is -2.83. The van der Waals surface area contributed by atoms with Crippen molar-refractivity contribution >= 4 is 40.7 Å². The SMILES string of the molecule is O=C(Cc1ccc(Cl)c(Cl)c1)NCc1cccc(NC(=O)Cn2cccn2)c1. The van der Waals surface area contributed by atoms with E-state index >= 15 is 0 Å². The van der Waals surface area contributed by atoms with Crippen molar-refractivity contribution in [3.05, 3.63) is 82.1 Å². The molecular weight excluding hydrogens is 399 g/mol. The third-order valence-corrected chi connectivity index (χ3v) is 4.65. The third kappa shape index (κ3) is 5.84. The van der Waals surface area contributed by atoms with E-state index < -0.39 is 0 Å². The van der Waals surface area contributed by atoms with E-state index in [0.29, 0.717) is 22.3 Å². The molecule has 1 aromatic heterocycles. The maximum absolute atomic E-state index is 12.2. The molecule has 6 nitrogen and oxygen atoms in total. The van der Waals surface area contributed by atoms with Gasteiger partial charge in [-0.1, -0.05) is 41.4 Å². The molecule has 0 aliphatic carbocycles. The molecular formula is C20H18Cl2N4O2. The van der Waals surface area contributed by atoms with Gasteiger partial charge in [-0.05, 0) is 41.5 Å². The van der Waals surface area contributed by atoms with Gasteiger partial charge in [-0.25, -0.2) is 0 Å². The van der Waals surface area contributed by atoms with Crippen molar-refractivity contribution in [2.45, 2.75) is 19.5 Å². The first-order valence-corrected chi connectivity index (χ1v) is 9.32. The fourth-order valence-corrected chi connectivity index (χ4v) is 2.92. The number of benzene rings is 2. The van der Waals surface area contributed by atoms with Crippen LogP contribution in [0.5, 0.6) is 0 Å². The zero-order valence-electron chi connectivity index (χ0n) is 14.9. The van der Waals surface area contributed by atoms with Gasteiger partial charge in [-0.3, -0.25) is 14.3 Å². The highest BCUT2D eigenvalue weighted by molar-refractivity contribution is 6.42. The van der Waals surface area contributed by atoms with Crippen molar-refractivity contribution in [3.8, 4) is 0 Å². The van der Waals surface area contributed by atoms with Crippen LogP contribution in [-0.4, -0.2) is 21.6 Å². The summed E-state index contributed by atoms with van der Waals surface area (Å²) in [6.45, 7) is 0.487. The molecule has 0 radical (unpaired) electrons. The molecule has 0 aliphatic heterocycles. The maximum Gasteiger partial charge on any atom is 0.246 e. The first-order chi connectivity index (χ1) is 13.5. The zero-order valence-corrected chi connectivity index (χ0v) is 16.4. The molecule has 0 atom stereocenters. The van der Waals surface area contributed by atoms with Crippen LogP contribution < -0.4 is 10.6 Å². The number of halogens is 2. The maximum atomic E-state index is 12.2. The summed E-state index contributed by atoms with van der Waals surface area (Å²) < 4.78 is 1.54. The van der Waals surface area contributed by atoms with Crippen LogP contribution in [0.25, 0.3) is 0 Å². The molecule has 2 amide bonds. The number of rotatable bonds is 7. The first-order valence-electron chi connectivity index (χ1n) is 8.56. The Morgan fingerprint density at radius 1 is 0.964 bits per heavy atom. The minimum Gasteiger partial charge on any atom is -0.352 e. The molecule has 3 rings (SSSR count). The van der Waals surface area contributed by atoms with E-state index in [9.17, 15) is 9.59 Å². The van der Waals surface area contributed by atoms with E-state index in [4.69, 9.17) is 23.2 Å². The van der Waals surface area contributed by atoms with Crippen molar-refractivity contribution in [2.24, 2.45) is 0 Å². The number of hydrogen-bond acceptors (Lipinski definition) is 3. The minimum atomic E-state index is -0.176. The molecule has 0 unspecified atom stereocenters. The molecule has 28 heavy (non-hydrogen) atoms. The number of carbonyl (C=O) groups excluding carboxylic acids is 2. The summed E-state index contributed by atoms with van der Waals surface area (Å²) in [5.74, 6) is -0.309. The van der Waals surface area contributed by atoms with Crippen LogP contribution in [0.4, 0.5) is 5.69 Å². The van der Waals surface area contributed by atoms with Gasteiger partial charge in [-0.2, -0.15) is 5.10 Å². The second-order valence-electron chi connectivity index (χ2n) is 6.15. The Kier molecular flexibility index (Phi) is 6.68. The molecule has 3 aromatic rings. The van der Waals surface area contributed by atoms with E-state index in [-0.39, 0.29) is 24.8 Å². The summed E-state index contributed by atoms with van der Waals surface area (Å²) >= 11 is 11.9. The van der Waals surface area contributed by atoms with Crippen LogP contribution in [0.3, 0.4) is 0 Å². The summed E-state index contributed by atoms with van der Waals surface area (Å²) in [7, 11) is 0. The molecule has 2 N–H and O–H groups in total. The Labute approximate surface area is 172 Å². The van der Waals surface area contributed by atoms with Crippen molar-refractivity contribution in [2.75, 3.05) is 5.32 Å². The number of nitrogens with zero attached hydrogens (tertiary/aromatic N) is 2. The average molecular weight is 417 g/mol. The fourth-order valence-electron chi connectivity index (χ4n) is 2.60. The Morgan fingerprint density at radius 2 is 1.82 bits per heavy atom. The van der Waals surface area contributed by atoms with Crippen LogP contribution >= 0.6 is 23.2 Å². The quantitative estimate of drug-likeness (QED) is 0.616. The zero-order chi connectivity index (χ0) is 19.9. The van der Waals surface area contributed by atoms with Gasteiger partial charge in [0.2, 0.25) is 11.8 Å². The van der Waals surface area contributed by atoms with Gasteiger partial charge in [0.05, 0.1) is 16.5 Å². The normalized spacial score (nSPS) is 10.5. The Morgan fingerprint density at radius 3 is 2.57 bits per heavy atom. The van der Waals surface area contributed by atoms with E-state index in [1.807, 2.05) is 18.2 Å². The number of nitrogens with one attached hydrogen (secondary N) is 2. The minimum absolute atomic E-state index is 0.133. The predicted octanol–water partition coefficient (Wildman–Crippen LogP) is 3.69. The molecule has 144 valence electrons. The van der Waals surface area contributed by atoms with Crippen LogP contribution in [0, 0.1) is 0 Å². The van der Waals surface area contributed by atoms with Gasteiger partial charge in [-0.15, -0.1) is 0 Å². The standard InChI is InChI=1S/C20H18Cl2N4O2/c21-17-6-5-14(10-18(17)22)11-19(27)23-12-15-3-1-4-16(9-15)25-20(28)13-26-8-2-7-24-26/h1-10H,11-13H2,(H,23,27)(H,25,28). The fraction of sp³-hybridized carbons (Fsp3) is 0.150. The van der Waals surface area contributed by atoms with Gasteiger partial charge in [0.15, 0.2) is 0 Å². The summed E-state index contributed by atoms with van der Waals surface area (Å²) in [4.78, 5) is 24.2. The predicted molar refractivity (Wildman–Crippen MR) is 109 cm³/mol. The highest BCUT2D eigenvalue weighted by atomic mass is 35.5. The lowest BCUT2D eigenvalue weighted by Crippen LogP contribution is -2.24. The van der Waals surface area contributed by atoms with Gasteiger partial charge < -0.3 is 10.6 Å². The highest BCUT2D eigenvalue weighted by Gasteiger charge is 2.07. The van der Waals surface area contributed by atoms with Crippen LogP contribution in [0.2, 0.25) is 10.0 Å². The number of hydrogen-bond donors (Lipinski definition) is 2. The molecule has 0 saturated carbocycles. The molecule has 2 aromatic carbocycles. The van der Waals surface area contributed by atoms with Crippen LogP contribution in [-0.2, 0) is 29.1 Å². The Bertz CT molecular complexity index is 974. The molecule has 1 heterocycles. The molecule has 0 fully saturated rings. The first kappa shape index (κ1) is 19.9.